The Morgan fingerprint density at radius 1 is 1.40 bits per heavy atom. The minimum absolute atomic E-state index is 0.315. The summed E-state index contributed by atoms with van der Waals surface area (Å²) in [6.45, 7) is 12.0. The molecular weight excluding hydrogens is 268 g/mol. The van der Waals surface area contributed by atoms with E-state index in [2.05, 4.69) is 44.3 Å². The maximum atomic E-state index is 5.72. The smallest absolute Gasteiger partial charge is 0.0547 e. The van der Waals surface area contributed by atoms with Crippen molar-refractivity contribution in [1.29, 1.82) is 0 Å². The van der Waals surface area contributed by atoms with Gasteiger partial charge in [0, 0.05) is 36.9 Å². The van der Waals surface area contributed by atoms with Crippen molar-refractivity contribution >= 4 is 11.8 Å². The molecule has 0 aromatic carbocycles. The van der Waals surface area contributed by atoms with Crippen molar-refractivity contribution in [2.45, 2.75) is 39.7 Å². The van der Waals surface area contributed by atoms with E-state index >= 15 is 0 Å². The summed E-state index contributed by atoms with van der Waals surface area (Å²) in [7, 11) is 2.28. The van der Waals surface area contributed by atoms with Crippen LogP contribution >= 0.6 is 11.8 Å². The highest BCUT2D eigenvalue weighted by Gasteiger charge is 2.36. The molecule has 0 aromatic heterocycles. The Morgan fingerprint density at radius 3 is 2.65 bits per heavy atom. The van der Waals surface area contributed by atoms with Crippen molar-refractivity contribution < 1.29 is 4.74 Å². The van der Waals surface area contributed by atoms with E-state index in [1.807, 2.05) is 11.8 Å². The zero-order valence-electron chi connectivity index (χ0n) is 14.1. The minimum Gasteiger partial charge on any atom is -0.381 e. The molecule has 0 amide bonds. The van der Waals surface area contributed by atoms with Gasteiger partial charge in [0.1, 0.15) is 0 Å². The second-order valence-electron chi connectivity index (χ2n) is 6.76. The molecule has 2 atom stereocenters. The summed E-state index contributed by atoms with van der Waals surface area (Å²) >= 11 is 1.95. The van der Waals surface area contributed by atoms with Gasteiger partial charge in [-0.25, -0.2) is 0 Å². The summed E-state index contributed by atoms with van der Waals surface area (Å²) < 4.78 is 5.72. The van der Waals surface area contributed by atoms with Gasteiger partial charge in [-0.3, -0.25) is 0 Å². The van der Waals surface area contributed by atoms with Crippen LogP contribution in [0.25, 0.3) is 0 Å². The Labute approximate surface area is 130 Å². The molecule has 4 heteroatoms. The van der Waals surface area contributed by atoms with Crippen LogP contribution in [0.2, 0.25) is 0 Å². The van der Waals surface area contributed by atoms with Crippen LogP contribution in [0.3, 0.4) is 0 Å². The first kappa shape index (κ1) is 18.3. The summed E-state index contributed by atoms with van der Waals surface area (Å²) in [5.74, 6) is 1.94. The topological polar surface area (TPSA) is 24.5 Å². The van der Waals surface area contributed by atoms with E-state index in [1.54, 1.807) is 0 Å². The van der Waals surface area contributed by atoms with Crippen LogP contribution in [-0.4, -0.2) is 62.8 Å². The molecular formula is C16H34N2OS. The molecule has 1 rings (SSSR count). The standard InChI is InChI=1S/C16H34N2OS/c1-6-15(10-20-5)18(4)12-16(7-8-19-13-16)11-17-9-14(2)3/h14-15,17H,6-13H2,1-5H3. The number of ether oxygens (including phenoxy) is 1. The highest BCUT2D eigenvalue weighted by molar-refractivity contribution is 7.98. The van der Waals surface area contributed by atoms with Crippen LogP contribution in [0.5, 0.6) is 0 Å². The monoisotopic (exact) mass is 302 g/mol. The second kappa shape index (κ2) is 9.29. The van der Waals surface area contributed by atoms with Gasteiger partial charge in [-0.1, -0.05) is 20.8 Å². The van der Waals surface area contributed by atoms with Crippen molar-refractivity contribution in [1.82, 2.24) is 10.2 Å². The molecule has 3 nitrogen and oxygen atoms in total. The van der Waals surface area contributed by atoms with Gasteiger partial charge in [0.25, 0.3) is 0 Å². The Morgan fingerprint density at radius 2 is 2.15 bits per heavy atom. The summed E-state index contributed by atoms with van der Waals surface area (Å²) in [4.78, 5) is 2.56. The Balaban J connectivity index is 2.52. The molecule has 20 heavy (non-hydrogen) atoms. The SMILES string of the molecule is CCC(CSC)N(C)CC1(CNCC(C)C)CCOC1. The van der Waals surface area contributed by atoms with Gasteiger partial charge in [0.05, 0.1) is 6.61 Å². The highest BCUT2D eigenvalue weighted by atomic mass is 32.2. The molecule has 0 aliphatic carbocycles. The third-order valence-corrected chi connectivity index (χ3v) is 4.99. The van der Waals surface area contributed by atoms with Gasteiger partial charge in [0.15, 0.2) is 0 Å². The predicted molar refractivity (Wildman–Crippen MR) is 90.7 cm³/mol. The fourth-order valence-corrected chi connectivity index (χ4v) is 3.88. The molecule has 2 unspecified atom stereocenters. The van der Waals surface area contributed by atoms with Gasteiger partial charge in [-0.2, -0.15) is 11.8 Å². The fourth-order valence-electron chi connectivity index (χ4n) is 3.00. The van der Waals surface area contributed by atoms with Crippen molar-refractivity contribution in [3.8, 4) is 0 Å². The molecule has 1 fully saturated rings. The molecule has 1 N–H and O–H groups in total. The number of rotatable bonds is 10. The van der Waals surface area contributed by atoms with E-state index in [0.29, 0.717) is 17.4 Å². The second-order valence-corrected chi connectivity index (χ2v) is 7.67. The molecule has 1 aliphatic rings. The number of thioether (sulfide) groups is 1. The summed E-state index contributed by atoms with van der Waals surface area (Å²) in [5.41, 5.74) is 0.315. The largest absolute Gasteiger partial charge is 0.381 e. The van der Waals surface area contributed by atoms with E-state index in [4.69, 9.17) is 4.74 Å². The summed E-state index contributed by atoms with van der Waals surface area (Å²) in [5, 5.41) is 3.65. The van der Waals surface area contributed by atoms with Gasteiger partial charge in [-0.15, -0.1) is 0 Å². The molecule has 120 valence electrons. The van der Waals surface area contributed by atoms with Gasteiger partial charge in [0.2, 0.25) is 0 Å². The first-order valence-corrected chi connectivity index (χ1v) is 9.40. The van der Waals surface area contributed by atoms with E-state index in [9.17, 15) is 0 Å². The van der Waals surface area contributed by atoms with Crippen LogP contribution in [0.1, 0.15) is 33.6 Å². The molecule has 0 bridgehead atoms. The van der Waals surface area contributed by atoms with Gasteiger partial charge < -0.3 is 15.0 Å². The Bertz CT molecular complexity index is 255. The van der Waals surface area contributed by atoms with E-state index in [1.165, 1.54) is 18.6 Å². The van der Waals surface area contributed by atoms with Crippen molar-refractivity contribution in [3.63, 3.8) is 0 Å². The zero-order valence-corrected chi connectivity index (χ0v) is 14.9. The molecule has 1 heterocycles. The lowest BCUT2D eigenvalue weighted by Crippen LogP contribution is -2.47. The van der Waals surface area contributed by atoms with E-state index < -0.39 is 0 Å². The molecule has 1 aliphatic heterocycles. The quantitative estimate of drug-likeness (QED) is 0.670. The number of hydrogen-bond acceptors (Lipinski definition) is 4. The van der Waals surface area contributed by atoms with E-state index in [0.717, 1.165) is 32.8 Å². The van der Waals surface area contributed by atoms with E-state index in [-0.39, 0.29) is 0 Å². The molecule has 0 saturated carbocycles. The van der Waals surface area contributed by atoms with Crippen LogP contribution in [0.15, 0.2) is 0 Å². The Hall–Kier alpha value is 0.230. The van der Waals surface area contributed by atoms with Crippen LogP contribution in [0, 0.1) is 11.3 Å². The third-order valence-electron chi connectivity index (χ3n) is 4.28. The molecule has 0 radical (unpaired) electrons. The summed E-state index contributed by atoms with van der Waals surface area (Å²) in [6.07, 6.45) is 4.63. The van der Waals surface area contributed by atoms with Crippen LogP contribution < -0.4 is 5.32 Å². The maximum Gasteiger partial charge on any atom is 0.0547 e. The highest BCUT2D eigenvalue weighted by Crippen LogP contribution is 2.30. The number of hydrogen-bond donors (Lipinski definition) is 1. The van der Waals surface area contributed by atoms with Crippen molar-refractivity contribution in [2.24, 2.45) is 11.3 Å². The number of nitrogens with zero attached hydrogens (tertiary/aromatic N) is 1. The molecule has 0 spiro atoms. The van der Waals surface area contributed by atoms with Gasteiger partial charge in [-0.05, 0) is 38.6 Å². The van der Waals surface area contributed by atoms with Crippen molar-refractivity contribution in [3.05, 3.63) is 0 Å². The number of nitrogens with one attached hydrogen (secondary N) is 1. The third kappa shape index (κ3) is 5.92. The molecule has 0 aromatic rings. The predicted octanol–water partition coefficient (Wildman–Crippen LogP) is 2.71. The zero-order chi connectivity index (χ0) is 15.0. The summed E-state index contributed by atoms with van der Waals surface area (Å²) in [6, 6.07) is 0.688. The van der Waals surface area contributed by atoms with Gasteiger partial charge >= 0.3 is 0 Å². The van der Waals surface area contributed by atoms with Crippen LogP contribution in [0.4, 0.5) is 0 Å². The first-order chi connectivity index (χ1) is 9.53. The van der Waals surface area contributed by atoms with Crippen LogP contribution in [-0.2, 0) is 4.74 Å². The Kier molecular flexibility index (Phi) is 8.49. The average Bonchev–Trinajstić information content (AvgIpc) is 2.84. The fraction of sp³-hybridized carbons (Fsp3) is 1.00. The van der Waals surface area contributed by atoms with Crippen molar-refractivity contribution in [2.75, 3.05) is 51.9 Å². The first-order valence-electron chi connectivity index (χ1n) is 8.00. The minimum atomic E-state index is 0.315. The lowest BCUT2D eigenvalue weighted by molar-refractivity contribution is 0.104. The average molecular weight is 303 g/mol. The lowest BCUT2D eigenvalue weighted by Gasteiger charge is -2.36. The lowest BCUT2D eigenvalue weighted by atomic mass is 9.86. The molecule has 1 saturated heterocycles. The maximum absolute atomic E-state index is 5.72. The normalized spacial score (nSPS) is 24.8.